The second kappa shape index (κ2) is 6.37. The van der Waals surface area contributed by atoms with Gasteiger partial charge >= 0.3 is 5.97 Å². The monoisotopic (exact) mass is 356 g/mol. The van der Waals surface area contributed by atoms with Crippen molar-refractivity contribution in [3.8, 4) is 11.5 Å². The number of esters is 1. The van der Waals surface area contributed by atoms with Crippen molar-refractivity contribution in [2.45, 2.75) is 20.8 Å². The van der Waals surface area contributed by atoms with Crippen molar-refractivity contribution in [3.05, 3.63) is 64.4 Å². The van der Waals surface area contributed by atoms with Gasteiger partial charge in [0.15, 0.2) is 5.76 Å². The number of hydrogen-bond donors (Lipinski definition) is 0. The molecule has 0 fully saturated rings. The number of allylic oxidation sites excluding steroid dienone is 1. The Morgan fingerprint density at radius 3 is 2.60 bits per heavy atom. The van der Waals surface area contributed by atoms with E-state index in [1.165, 1.54) is 0 Å². The Bertz CT molecular complexity index is 891. The van der Waals surface area contributed by atoms with Gasteiger partial charge in [-0.05, 0) is 56.7 Å². The van der Waals surface area contributed by atoms with Gasteiger partial charge in [0.1, 0.15) is 11.5 Å². The second-order valence-corrected chi connectivity index (χ2v) is 7.23. The fourth-order valence-electron chi connectivity index (χ4n) is 2.24. The molecule has 0 saturated carbocycles. The van der Waals surface area contributed by atoms with E-state index in [0.717, 1.165) is 5.56 Å². The molecule has 0 aromatic heterocycles. The zero-order chi connectivity index (χ0) is 18.2. The maximum absolute atomic E-state index is 12.4. The van der Waals surface area contributed by atoms with Gasteiger partial charge in [-0.15, -0.1) is 0 Å². The van der Waals surface area contributed by atoms with Crippen LogP contribution in [0.25, 0.3) is 6.08 Å². The third-order valence-corrected chi connectivity index (χ3v) is 3.85. The SMILES string of the molecule is CC(C)(C)C(=O)Oc1ccc2c(c1)O/C(=C\c1cccc(Cl)c1)C2=O. The molecule has 0 bridgehead atoms. The minimum atomic E-state index is -0.618. The van der Waals surface area contributed by atoms with Gasteiger partial charge in [0, 0.05) is 11.1 Å². The Balaban J connectivity index is 1.85. The minimum absolute atomic E-state index is 0.205. The molecule has 1 aliphatic heterocycles. The van der Waals surface area contributed by atoms with E-state index in [1.54, 1.807) is 63.2 Å². The van der Waals surface area contributed by atoms with E-state index >= 15 is 0 Å². The number of fused-ring (bicyclic) bond motifs is 1. The molecule has 0 aliphatic carbocycles. The summed E-state index contributed by atoms with van der Waals surface area (Å²) in [7, 11) is 0. The highest BCUT2D eigenvalue weighted by atomic mass is 35.5. The van der Waals surface area contributed by atoms with Crippen LogP contribution < -0.4 is 9.47 Å². The van der Waals surface area contributed by atoms with Crippen molar-refractivity contribution in [2.24, 2.45) is 5.41 Å². The van der Waals surface area contributed by atoms with E-state index in [2.05, 4.69) is 0 Å². The van der Waals surface area contributed by atoms with Crippen molar-refractivity contribution < 1.29 is 19.1 Å². The molecule has 1 heterocycles. The molecule has 4 nitrogen and oxygen atoms in total. The average molecular weight is 357 g/mol. The fraction of sp³-hybridized carbons (Fsp3) is 0.200. The summed E-state index contributed by atoms with van der Waals surface area (Å²) in [6.45, 7) is 5.32. The lowest BCUT2D eigenvalue weighted by atomic mass is 9.97. The summed E-state index contributed by atoms with van der Waals surface area (Å²) in [5.74, 6) is 0.347. The van der Waals surface area contributed by atoms with Crippen LogP contribution in [0.1, 0.15) is 36.7 Å². The molecule has 0 saturated heterocycles. The first kappa shape index (κ1) is 17.2. The van der Waals surface area contributed by atoms with Crippen molar-refractivity contribution in [1.82, 2.24) is 0 Å². The minimum Gasteiger partial charge on any atom is -0.452 e. The first-order chi connectivity index (χ1) is 11.7. The Labute approximate surface area is 151 Å². The summed E-state index contributed by atoms with van der Waals surface area (Å²) < 4.78 is 11.0. The number of benzene rings is 2. The fourth-order valence-corrected chi connectivity index (χ4v) is 2.44. The molecule has 128 valence electrons. The molecule has 2 aromatic carbocycles. The van der Waals surface area contributed by atoms with Crippen LogP contribution in [0.4, 0.5) is 0 Å². The third-order valence-electron chi connectivity index (χ3n) is 3.61. The summed E-state index contributed by atoms with van der Waals surface area (Å²) >= 11 is 5.96. The van der Waals surface area contributed by atoms with Crippen molar-refractivity contribution in [1.29, 1.82) is 0 Å². The van der Waals surface area contributed by atoms with E-state index in [1.807, 2.05) is 6.07 Å². The lowest BCUT2D eigenvalue weighted by Gasteiger charge is -2.16. The quantitative estimate of drug-likeness (QED) is 0.436. The van der Waals surface area contributed by atoms with Crippen LogP contribution in [0.3, 0.4) is 0 Å². The van der Waals surface area contributed by atoms with Gasteiger partial charge in [0.2, 0.25) is 5.78 Å². The molecule has 5 heteroatoms. The van der Waals surface area contributed by atoms with Crippen LogP contribution in [0.2, 0.25) is 5.02 Å². The van der Waals surface area contributed by atoms with E-state index in [0.29, 0.717) is 22.1 Å². The van der Waals surface area contributed by atoms with Gasteiger partial charge in [-0.1, -0.05) is 23.7 Å². The van der Waals surface area contributed by atoms with Gasteiger partial charge in [-0.2, -0.15) is 0 Å². The topological polar surface area (TPSA) is 52.6 Å². The molecule has 1 aliphatic rings. The van der Waals surface area contributed by atoms with Gasteiger partial charge in [0.25, 0.3) is 0 Å². The molecule has 0 N–H and O–H groups in total. The molecular weight excluding hydrogens is 340 g/mol. The van der Waals surface area contributed by atoms with Crippen molar-refractivity contribution in [2.75, 3.05) is 0 Å². The Kier molecular flexibility index (Phi) is 4.39. The lowest BCUT2D eigenvalue weighted by molar-refractivity contribution is -0.142. The number of Topliss-reactive ketones (excluding diaryl/α,β-unsaturated/α-hetero) is 1. The highest BCUT2D eigenvalue weighted by Gasteiger charge is 2.29. The van der Waals surface area contributed by atoms with Gasteiger partial charge in [-0.3, -0.25) is 9.59 Å². The van der Waals surface area contributed by atoms with Crippen LogP contribution in [0.15, 0.2) is 48.2 Å². The molecule has 2 aromatic rings. The number of carbonyl (C=O) groups excluding carboxylic acids is 2. The largest absolute Gasteiger partial charge is 0.452 e. The molecule has 0 amide bonds. The first-order valence-corrected chi connectivity index (χ1v) is 8.18. The van der Waals surface area contributed by atoms with Crippen LogP contribution in [-0.2, 0) is 4.79 Å². The smallest absolute Gasteiger partial charge is 0.316 e. The van der Waals surface area contributed by atoms with Gasteiger partial charge in [-0.25, -0.2) is 0 Å². The normalized spacial score (nSPS) is 15.0. The second-order valence-electron chi connectivity index (χ2n) is 6.79. The number of ketones is 1. The molecule has 0 radical (unpaired) electrons. The predicted octanol–water partition coefficient (Wildman–Crippen LogP) is 4.91. The van der Waals surface area contributed by atoms with Gasteiger partial charge in [0.05, 0.1) is 11.0 Å². The van der Waals surface area contributed by atoms with Crippen LogP contribution in [0.5, 0.6) is 11.5 Å². The predicted molar refractivity (Wildman–Crippen MR) is 95.9 cm³/mol. The summed E-state index contributed by atoms with van der Waals surface area (Å²) in [5, 5.41) is 0.577. The summed E-state index contributed by atoms with van der Waals surface area (Å²) in [6.07, 6.45) is 1.63. The third kappa shape index (κ3) is 3.74. The van der Waals surface area contributed by atoms with E-state index in [9.17, 15) is 9.59 Å². The molecule has 25 heavy (non-hydrogen) atoms. The molecule has 3 rings (SSSR count). The summed E-state index contributed by atoms with van der Waals surface area (Å²) in [5.41, 5.74) is 0.583. The van der Waals surface area contributed by atoms with Crippen LogP contribution in [0, 0.1) is 5.41 Å². The summed E-state index contributed by atoms with van der Waals surface area (Å²) in [6, 6.07) is 11.9. The number of halogens is 1. The zero-order valence-electron chi connectivity index (χ0n) is 14.1. The molecule has 0 atom stereocenters. The number of hydrogen-bond acceptors (Lipinski definition) is 4. The van der Waals surface area contributed by atoms with Crippen molar-refractivity contribution in [3.63, 3.8) is 0 Å². The van der Waals surface area contributed by atoms with Crippen LogP contribution in [-0.4, -0.2) is 11.8 Å². The van der Waals surface area contributed by atoms with E-state index in [-0.39, 0.29) is 17.5 Å². The Morgan fingerprint density at radius 1 is 1.16 bits per heavy atom. The lowest BCUT2D eigenvalue weighted by Crippen LogP contribution is -2.25. The maximum Gasteiger partial charge on any atom is 0.316 e. The van der Waals surface area contributed by atoms with Gasteiger partial charge < -0.3 is 9.47 Å². The summed E-state index contributed by atoms with van der Waals surface area (Å²) in [4.78, 5) is 24.4. The molecule has 0 spiro atoms. The number of rotatable bonds is 2. The zero-order valence-corrected chi connectivity index (χ0v) is 14.9. The molecule has 0 unspecified atom stereocenters. The standard InChI is InChI=1S/C20H17ClO4/c1-20(2,3)19(23)24-14-7-8-15-16(11-14)25-17(18(15)22)10-12-5-4-6-13(21)9-12/h4-11H,1-3H3/b17-10-. The first-order valence-electron chi connectivity index (χ1n) is 7.80. The van der Waals surface area contributed by atoms with E-state index < -0.39 is 5.41 Å². The Hall–Kier alpha value is -2.59. The highest BCUT2D eigenvalue weighted by molar-refractivity contribution is 6.30. The van der Waals surface area contributed by atoms with E-state index in [4.69, 9.17) is 21.1 Å². The number of carbonyl (C=O) groups is 2. The Morgan fingerprint density at radius 2 is 1.92 bits per heavy atom. The average Bonchev–Trinajstić information content (AvgIpc) is 2.82. The number of ether oxygens (including phenoxy) is 2. The highest BCUT2D eigenvalue weighted by Crippen LogP contribution is 2.35. The van der Waals surface area contributed by atoms with Crippen molar-refractivity contribution >= 4 is 29.4 Å². The molecular formula is C20H17ClO4. The van der Waals surface area contributed by atoms with Crippen LogP contribution >= 0.6 is 11.6 Å². The maximum atomic E-state index is 12.4.